The van der Waals surface area contributed by atoms with Gasteiger partial charge in [0.2, 0.25) is 0 Å². The quantitative estimate of drug-likeness (QED) is 0.779. The Morgan fingerprint density at radius 1 is 1.24 bits per heavy atom. The van der Waals surface area contributed by atoms with Crippen molar-refractivity contribution in [1.82, 2.24) is 0 Å². The van der Waals surface area contributed by atoms with Gasteiger partial charge in [0.05, 0.1) is 28.9 Å². The zero-order valence-corrected chi connectivity index (χ0v) is 14.3. The summed E-state index contributed by atoms with van der Waals surface area (Å²) < 4.78 is 20.7. The average Bonchev–Trinajstić information content (AvgIpc) is 2.47. The number of benzene rings is 2. The van der Waals surface area contributed by atoms with E-state index >= 15 is 0 Å². The Labute approximate surface area is 139 Å². The summed E-state index contributed by atoms with van der Waals surface area (Å²) in [6.07, 6.45) is 0. The molecule has 0 fully saturated rings. The maximum atomic E-state index is 13.8. The molecule has 0 unspecified atom stereocenters. The lowest BCUT2D eigenvalue weighted by atomic mass is 10.1. The zero-order valence-electron chi connectivity index (χ0n) is 11.1. The highest BCUT2D eigenvalue weighted by molar-refractivity contribution is 9.11. The summed E-state index contributed by atoms with van der Waals surface area (Å²) >= 11 is 6.83. The largest absolute Gasteiger partial charge is 0.495 e. The summed E-state index contributed by atoms with van der Waals surface area (Å²) in [6, 6.07) is 10.0. The molecule has 6 heteroatoms. The van der Waals surface area contributed by atoms with Crippen molar-refractivity contribution in [3.8, 4) is 11.8 Å². The van der Waals surface area contributed by atoms with E-state index in [9.17, 15) is 4.39 Å². The molecule has 0 aliphatic heterocycles. The molecule has 0 aliphatic rings. The minimum absolute atomic E-state index is 0.306. The zero-order chi connectivity index (χ0) is 15.4. The van der Waals surface area contributed by atoms with Gasteiger partial charge in [-0.15, -0.1) is 0 Å². The highest BCUT2D eigenvalue weighted by Crippen LogP contribution is 2.34. The van der Waals surface area contributed by atoms with Gasteiger partial charge in [0.25, 0.3) is 0 Å². The van der Waals surface area contributed by atoms with Crippen molar-refractivity contribution < 1.29 is 9.13 Å². The first-order valence-corrected chi connectivity index (χ1v) is 7.59. The smallest absolute Gasteiger partial charge is 0.135 e. The lowest BCUT2D eigenvalue weighted by Crippen LogP contribution is -2.03. The fourth-order valence-corrected chi connectivity index (χ4v) is 3.07. The first kappa shape index (κ1) is 15.8. The van der Waals surface area contributed by atoms with E-state index < -0.39 is 5.82 Å². The van der Waals surface area contributed by atoms with Crippen LogP contribution in [-0.4, -0.2) is 7.11 Å². The van der Waals surface area contributed by atoms with Gasteiger partial charge in [0, 0.05) is 22.6 Å². The van der Waals surface area contributed by atoms with Gasteiger partial charge in [0.15, 0.2) is 0 Å². The number of ether oxygens (including phenoxy) is 1. The van der Waals surface area contributed by atoms with Crippen molar-refractivity contribution in [3.05, 3.63) is 56.2 Å². The standard InChI is InChI=1S/C15H11Br2FN2O/c1-21-15-6-14(11(16)5-12(15)17)20-8-10-3-2-9(7-19)4-13(10)18/h2-6,20H,8H2,1H3. The first-order valence-electron chi connectivity index (χ1n) is 6.00. The third kappa shape index (κ3) is 3.74. The molecular formula is C15H11Br2FN2O. The van der Waals surface area contributed by atoms with Crippen LogP contribution in [0.15, 0.2) is 39.3 Å². The van der Waals surface area contributed by atoms with Crippen LogP contribution in [0.2, 0.25) is 0 Å². The molecule has 2 rings (SSSR count). The molecule has 2 aromatic rings. The van der Waals surface area contributed by atoms with Crippen molar-refractivity contribution in [2.45, 2.75) is 6.54 Å². The summed E-state index contributed by atoms with van der Waals surface area (Å²) in [7, 11) is 1.58. The number of anilines is 1. The maximum absolute atomic E-state index is 13.8. The minimum atomic E-state index is -0.401. The molecule has 0 bridgehead atoms. The number of hydrogen-bond acceptors (Lipinski definition) is 3. The van der Waals surface area contributed by atoms with E-state index in [4.69, 9.17) is 10.00 Å². The van der Waals surface area contributed by atoms with Gasteiger partial charge < -0.3 is 10.1 Å². The highest BCUT2D eigenvalue weighted by atomic mass is 79.9. The molecule has 0 saturated heterocycles. The Morgan fingerprint density at radius 2 is 2.00 bits per heavy atom. The molecule has 0 aliphatic carbocycles. The fourth-order valence-electron chi connectivity index (χ4n) is 1.77. The summed E-state index contributed by atoms with van der Waals surface area (Å²) in [5.74, 6) is 0.280. The highest BCUT2D eigenvalue weighted by Gasteiger charge is 2.08. The molecule has 0 aromatic heterocycles. The summed E-state index contributed by atoms with van der Waals surface area (Å²) in [4.78, 5) is 0. The van der Waals surface area contributed by atoms with Gasteiger partial charge in [-0.1, -0.05) is 6.07 Å². The predicted molar refractivity (Wildman–Crippen MR) is 86.8 cm³/mol. The van der Waals surface area contributed by atoms with Crippen LogP contribution >= 0.6 is 31.9 Å². The van der Waals surface area contributed by atoms with Crippen LogP contribution in [0, 0.1) is 17.1 Å². The molecule has 0 saturated carbocycles. The van der Waals surface area contributed by atoms with Gasteiger partial charge >= 0.3 is 0 Å². The van der Waals surface area contributed by atoms with Crippen molar-refractivity contribution in [3.63, 3.8) is 0 Å². The molecular weight excluding hydrogens is 403 g/mol. The van der Waals surface area contributed by atoms with Gasteiger partial charge in [-0.2, -0.15) is 5.26 Å². The van der Waals surface area contributed by atoms with Crippen LogP contribution < -0.4 is 10.1 Å². The van der Waals surface area contributed by atoms with E-state index in [0.717, 1.165) is 14.6 Å². The molecule has 0 spiro atoms. The van der Waals surface area contributed by atoms with Crippen molar-refractivity contribution in [1.29, 1.82) is 5.26 Å². The van der Waals surface area contributed by atoms with E-state index in [1.165, 1.54) is 6.07 Å². The Bertz CT molecular complexity index is 714. The lowest BCUT2D eigenvalue weighted by Gasteiger charge is -2.12. The number of nitrogens with zero attached hydrogens (tertiary/aromatic N) is 1. The number of methoxy groups -OCH3 is 1. The molecule has 2 aromatic carbocycles. The van der Waals surface area contributed by atoms with Gasteiger partial charge in [-0.05, 0) is 50.1 Å². The van der Waals surface area contributed by atoms with E-state index in [1.54, 1.807) is 19.2 Å². The molecule has 0 amide bonds. The molecule has 21 heavy (non-hydrogen) atoms. The topological polar surface area (TPSA) is 45.0 Å². The Hall–Kier alpha value is -1.58. The summed E-state index contributed by atoms with van der Waals surface area (Å²) in [6.45, 7) is 0.306. The first-order chi connectivity index (χ1) is 10.0. The molecule has 0 atom stereocenters. The second-order valence-electron chi connectivity index (χ2n) is 4.24. The SMILES string of the molecule is COc1cc(NCc2ccc(C#N)cc2F)c(Br)cc1Br. The number of rotatable bonds is 4. The number of hydrogen-bond donors (Lipinski definition) is 1. The minimum Gasteiger partial charge on any atom is -0.495 e. The van der Waals surface area contributed by atoms with Crippen molar-refractivity contribution >= 4 is 37.5 Å². The van der Waals surface area contributed by atoms with E-state index in [1.807, 2.05) is 18.2 Å². The normalized spacial score (nSPS) is 10.0. The molecule has 1 N–H and O–H groups in total. The monoisotopic (exact) mass is 412 g/mol. The van der Waals surface area contributed by atoms with Crippen LogP contribution in [0.4, 0.5) is 10.1 Å². The van der Waals surface area contributed by atoms with Crippen LogP contribution in [-0.2, 0) is 6.54 Å². The number of halogens is 3. The van der Waals surface area contributed by atoms with E-state index in [0.29, 0.717) is 23.4 Å². The van der Waals surface area contributed by atoms with Crippen molar-refractivity contribution in [2.75, 3.05) is 12.4 Å². The number of nitrogens with one attached hydrogen (secondary N) is 1. The molecule has 108 valence electrons. The van der Waals surface area contributed by atoms with E-state index in [-0.39, 0.29) is 0 Å². The fraction of sp³-hybridized carbons (Fsp3) is 0.133. The van der Waals surface area contributed by atoms with Crippen LogP contribution in [0.3, 0.4) is 0 Å². The van der Waals surface area contributed by atoms with Crippen LogP contribution in [0.1, 0.15) is 11.1 Å². The maximum Gasteiger partial charge on any atom is 0.135 e. The van der Waals surface area contributed by atoms with Gasteiger partial charge in [0.1, 0.15) is 11.6 Å². The third-order valence-corrected chi connectivity index (χ3v) is 4.17. The second-order valence-corrected chi connectivity index (χ2v) is 5.95. The predicted octanol–water partition coefficient (Wildman–Crippen LogP) is 4.84. The Morgan fingerprint density at radius 3 is 2.62 bits per heavy atom. The van der Waals surface area contributed by atoms with Crippen molar-refractivity contribution in [2.24, 2.45) is 0 Å². The second kappa shape index (κ2) is 6.92. The summed E-state index contributed by atoms with van der Waals surface area (Å²) in [5, 5.41) is 11.9. The number of nitriles is 1. The molecule has 0 heterocycles. The third-order valence-electron chi connectivity index (χ3n) is 2.89. The molecule has 0 radical (unpaired) electrons. The average molecular weight is 414 g/mol. The Balaban J connectivity index is 2.19. The van der Waals surface area contributed by atoms with Gasteiger partial charge in [-0.25, -0.2) is 4.39 Å². The lowest BCUT2D eigenvalue weighted by molar-refractivity contribution is 0.412. The van der Waals surface area contributed by atoms with E-state index in [2.05, 4.69) is 37.2 Å². The Kier molecular flexibility index (Phi) is 5.21. The van der Waals surface area contributed by atoms with Crippen LogP contribution in [0.25, 0.3) is 0 Å². The summed E-state index contributed by atoms with van der Waals surface area (Å²) in [5.41, 5.74) is 1.59. The van der Waals surface area contributed by atoms with Crippen LogP contribution in [0.5, 0.6) is 5.75 Å². The van der Waals surface area contributed by atoms with Gasteiger partial charge in [-0.3, -0.25) is 0 Å². The molecule has 3 nitrogen and oxygen atoms in total.